The molecule has 7 heteroatoms. The molecular weight excluding hydrogens is 418 g/mol. The molecular formula is C25H19N5OS. The average molecular weight is 438 g/mol. The molecule has 0 saturated heterocycles. The van der Waals surface area contributed by atoms with Crippen molar-refractivity contribution >= 4 is 34.4 Å². The number of aromatic amines is 1. The number of nitrogens with zero attached hydrogens (tertiary/aromatic N) is 3. The first-order valence-electron chi connectivity index (χ1n) is 10.1. The standard InChI is InChI=1S/C25H19N5OS/c31-24(29-21-11-5-9-19(13-21)18-7-2-1-3-8-18)20-10-4-6-17(12-20)15-32-25-22-14-28-30-23(22)26-16-27-25/h1-14,16H,15H2,(H,29,31)(H,26,27,28,30). The summed E-state index contributed by atoms with van der Waals surface area (Å²) in [6.45, 7) is 0. The monoisotopic (exact) mass is 437 g/mol. The lowest BCUT2D eigenvalue weighted by Crippen LogP contribution is -2.12. The zero-order chi connectivity index (χ0) is 21.8. The third kappa shape index (κ3) is 4.38. The second-order valence-electron chi connectivity index (χ2n) is 7.20. The predicted molar refractivity (Wildman–Crippen MR) is 128 cm³/mol. The molecule has 1 amide bonds. The molecule has 6 nitrogen and oxygen atoms in total. The van der Waals surface area contributed by atoms with Crippen LogP contribution < -0.4 is 5.32 Å². The van der Waals surface area contributed by atoms with Gasteiger partial charge in [0.05, 0.1) is 11.6 Å². The second-order valence-corrected chi connectivity index (χ2v) is 8.17. The highest BCUT2D eigenvalue weighted by atomic mass is 32.2. The van der Waals surface area contributed by atoms with Crippen molar-refractivity contribution in [2.45, 2.75) is 10.8 Å². The van der Waals surface area contributed by atoms with Gasteiger partial charge in [-0.1, -0.05) is 54.6 Å². The third-order valence-corrected chi connectivity index (χ3v) is 6.08. The first-order chi connectivity index (χ1) is 15.8. The number of H-pyrrole nitrogens is 1. The van der Waals surface area contributed by atoms with Crippen molar-refractivity contribution in [1.29, 1.82) is 0 Å². The van der Waals surface area contributed by atoms with E-state index in [0.29, 0.717) is 17.0 Å². The first-order valence-corrected chi connectivity index (χ1v) is 11.1. The van der Waals surface area contributed by atoms with Crippen molar-refractivity contribution in [3.8, 4) is 11.1 Å². The fourth-order valence-electron chi connectivity index (χ4n) is 3.42. The topological polar surface area (TPSA) is 83.6 Å². The summed E-state index contributed by atoms with van der Waals surface area (Å²) in [7, 11) is 0. The van der Waals surface area contributed by atoms with Crippen molar-refractivity contribution in [1.82, 2.24) is 20.2 Å². The number of nitrogens with one attached hydrogen (secondary N) is 2. The number of anilines is 1. The molecule has 2 heterocycles. The number of amides is 1. The van der Waals surface area contributed by atoms with Gasteiger partial charge >= 0.3 is 0 Å². The molecule has 0 atom stereocenters. The number of thioether (sulfide) groups is 1. The van der Waals surface area contributed by atoms with Crippen LogP contribution in [0.25, 0.3) is 22.2 Å². The van der Waals surface area contributed by atoms with Gasteiger partial charge in [-0.15, -0.1) is 11.8 Å². The summed E-state index contributed by atoms with van der Waals surface area (Å²) in [5.41, 5.74) is 5.30. The maximum absolute atomic E-state index is 12.9. The minimum atomic E-state index is -0.138. The van der Waals surface area contributed by atoms with Gasteiger partial charge in [0.15, 0.2) is 5.65 Å². The van der Waals surface area contributed by atoms with Crippen molar-refractivity contribution in [2.24, 2.45) is 0 Å². The highest BCUT2D eigenvalue weighted by Crippen LogP contribution is 2.27. The Bertz CT molecular complexity index is 1380. The van der Waals surface area contributed by atoms with Gasteiger partial charge in [0.1, 0.15) is 11.4 Å². The summed E-state index contributed by atoms with van der Waals surface area (Å²) < 4.78 is 0. The van der Waals surface area contributed by atoms with Crippen LogP contribution in [0.5, 0.6) is 0 Å². The van der Waals surface area contributed by atoms with Gasteiger partial charge in [-0.3, -0.25) is 9.89 Å². The number of aromatic nitrogens is 4. The maximum atomic E-state index is 12.9. The van der Waals surface area contributed by atoms with Crippen LogP contribution >= 0.6 is 11.8 Å². The largest absolute Gasteiger partial charge is 0.322 e. The summed E-state index contributed by atoms with van der Waals surface area (Å²) in [6, 6.07) is 25.6. The van der Waals surface area contributed by atoms with Gasteiger partial charge in [0.25, 0.3) is 5.91 Å². The van der Waals surface area contributed by atoms with Crippen LogP contribution in [-0.2, 0) is 5.75 Å². The first kappa shape index (κ1) is 20.0. The quantitative estimate of drug-likeness (QED) is 0.268. The summed E-state index contributed by atoms with van der Waals surface area (Å²) in [5.74, 6) is 0.545. The van der Waals surface area contributed by atoms with E-state index in [1.54, 1.807) is 18.0 Å². The molecule has 0 radical (unpaired) electrons. The molecule has 5 rings (SSSR count). The molecule has 3 aromatic carbocycles. The van der Waals surface area contributed by atoms with Gasteiger partial charge in [0.2, 0.25) is 0 Å². The molecule has 0 spiro atoms. The average Bonchev–Trinajstić information content (AvgIpc) is 3.33. The number of benzene rings is 3. The van der Waals surface area contributed by atoms with Crippen LogP contribution in [0.4, 0.5) is 5.69 Å². The Morgan fingerprint density at radius 2 is 1.75 bits per heavy atom. The van der Waals surface area contributed by atoms with Crippen LogP contribution in [0, 0.1) is 0 Å². The van der Waals surface area contributed by atoms with Gasteiger partial charge < -0.3 is 5.32 Å². The molecule has 32 heavy (non-hydrogen) atoms. The molecule has 2 N–H and O–H groups in total. The minimum absolute atomic E-state index is 0.138. The highest BCUT2D eigenvalue weighted by Gasteiger charge is 2.10. The molecule has 0 fully saturated rings. The molecule has 0 aliphatic rings. The lowest BCUT2D eigenvalue weighted by molar-refractivity contribution is 0.102. The second kappa shape index (κ2) is 9.03. The molecule has 0 aliphatic heterocycles. The van der Waals surface area contributed by atoms with Crippen LogP contribution in [0.1, 0.15) is 15.9 Å². The van der Waals surface area contributed by atoms with E-state index in [1.807, 2.05) is 66.7 Å². The fourth-order valence-corrected chi connectivity index (χ4v) is 4.33. The van der Waals surface area contributed by atoms with Crippen molar-refractivity contribution in [2.75, 3.05) is 5.32 Å². The van der Waals surface area contributed by atoms with Crippen molar-refractivity contribution in [3.63, 3.8) is 0 Å². The fraction of sp³-hybridized carbons (Fsp3) is 0.0400. The van der Waals surface area contributed by atoms with E-state index in [9.17, 15) is 4.79 Å². The van der Waals surface area contributed by atoms with E-state index in [-0.39, 0.29) is 5.91 Å². The zero-order valence-electron chi connectivity index (χ0n) is 17.0. The van der Waals surface area contributed by atoms with E-state index in [2.05, 4.69) is 37.6 Å². The number of hydrogen-bond donors (Lipinski definition) is 2. The Labute approximate surface area is 189 Å². The van der Waals surface area contributed by atoms with E-state index >= 15 is 0 Å². The Balaban J connectivity index is 1.29. The molecule has 0 unspecified atom stereocenters. The summed E-state index contributed by atoms with van der Waals surface area (Å²) >= 11 is 1.59. The van der Waals surface area contributed by atoms with E-state index in [0.717, 1.165) is 32.8 Å². The maximum Gasteiger partial charge on any atom is 0.255 e. The third-order valence-electron chi connectivity index (χ3n) is 5.00. The summed E-state index contributed by atoms with van der Waals surface area (Å²) in [6.07, 6.45) is 3.25. The number of rotatable bonds is 6. The number of hydrogen-bond acceptors (Lipinski definition) is 5. The Morgan fingerprint density at radius 1 is 0.906 bits per heavy atom. The number of carbonyl (C=O) groups is 1. The molecule has 156 valence electrons. The van der Waals surface area contributed by atoms with Gasteiger partial charge in [-0.2, -0.15) is 5.10 Å². The van der Waals surface area contributed by atoms with E-state index in [1.165, 1.54) is 6.33 Å². The summed E-state index contributed by atoms with van der Waals surface area (Å²) in [4.78, 5) is 21.4. The Kier molecular flexibility index (Phi) is 5.63. The Hall–Kier alpha value is -3.97. The Morgan fingerprint density at radius 3 is 2.66 bits per heavy atom. The van der Waals surface area contributed by atoms with Crippen LogP contribution in [0.2, 0.25) is 0 Å². The van der Waals surface area contributed by atoms with Crippen LogP contribution in [0.15, 0.2) is 96.4 Å². The normalized spacial score (nSPS) is 10.9. The van der Waals surface area contributed by atoms with Crippen molar-refractivity contribution in [3.05, 3.63) is 103 Å². The van der Waals surface area contributed by atoms with E-state index < -0.39 is 0 Å². The number of fused-ring (bicyclic) bond motifs is 1. The summed E-state index contributed by atoms with van der Waals surface area (Å²) in [5, 5.41) is 11.6. The highest BCUT2D eigenvalue weighted by molar-refractivity contribution is 7.98. The number of carbonyl (C=O) groups excluding carboxylic acids is 1. The molecule has 5 aromatic rings. The van der Waals surface area contributed by atoms with Crippen LogP contribution in [0.3, 0.4) is 0 Å². The predicted octanol–water partition coefficient (Wildman–Crippen LogP) is 5.56. The lowest BCUT2D eigenvalue weighted by atomic mass is 10.1. The van der Waals surface area contributed by atoms with Crippen molar-refractivity contribution < 1.29 is 4.79 Å². The molecule has 0 bridgehead atoms. The molecule has 2 aromatic heterocycles. The van der Waals surface area contributed by atoms with E-state index in [4.69, 9.17) is 0 Å². The van der Waals surface area contributed by atoms with Gasteiger partial charge in [-0.25, -0.2) is 9.97 Å². The van der Waals surface area contributed by atoms with Gasteiger partial charge in [-0.05, 0) is 41.0 Å². The molecule has 0 aliphatic carbocycles. The van der Waals surface area contributed by atoms with Crippen LogP contribution in [-0.4, -0.2) is 26.1 Å². The smallest absolute Gasteiger partial charge is 0.255 e. The molecule has 0 saturated carbocycles. The zero-order valence-corrected chi connectivity index (χ0v) is 17.8. The van der Waals surface area contributed by atoms with Gasteiger partial charge in [0, 0.05) is 17.0 Å². The minimum Gasteiger partial charge on any atom is -0.322 e. The SMILES string of the molecule is O=C(Nc1cccc(-c2ccccc2)c1)c1cccc(CSc2ncnc3[nH]ncc23)c1. The lowest BCUT2D eigenvalue weighted by Gasteiger charge is -2.09.